The summed E-state index contributed by atoms with van der Waals surface area (Å²) in [5.41, 5.74) is 0. The summed E-state index contributed by atoms with van der Waals surface area (Å²) < 4.78 is 11.7. The highest BCUT2D eigenvalue weighted by molar-refractivity contribution is 5.00. The highest BCUT2D eigenvalue weighted by Gasteiger charge is 2.28. The van der Waals surface area contributed by atoms with Gasteiger partial charge in [0, 0.05) is 24.9 Å². The number of ether oxygens (including phenoxy) is 1. The average Bonchev–Trinajstić information content (AvgIpc) is 3.16. The van der Waals surface area contributed by atoms with Gasteiger partial charge in [-0.1, -0.05) is 20.3 Å². The molecule has 0 aromatic carbocycles. The van der Waals surface area contributed by atoms with Gasteiger partial charge in [0.2, 0.25) is 11.8 Å². The summed E-state index contributed by atoms with van der Waals surface area (Å²) in [4.78, 5) is 6.82. The van der Waals surface area contributed by atoms with E-state index in [1.165, 1.54) is 19.3 Å². The molecule has 0 bridgehead atoms. The molecule has 1 atom stereocenters. The first-order chi connectivity index (χ1) is 11.7. The van der Waals surface area contributed by atoms with Crippen LogP contribution in [-0.2, 0) is 11.3 Å². The van der Waals surface area contributed by atoms with Crippen molar-refractivity contribution in [2.24, 2.45) is 0 Å². The summed E-state index contributed by atoms with van der Waals surface area (Å²) in [5, 5.41) is 15.7. The summed E-state index contributed by atoms with van der Waals surface area (Å²) in [7, 11) is 0. The summed E-state index contributed by atoms with van der Waals surface area (Å²) in [5.74, 6) is 3.90. The fraction of sp³-hybridized carbons (Fsp3) is 0.750. The van der Waals surface area contributed by atoms with Gasteiger partial charge in [0.15, 0.2) is 11.6 Å². The third-order valence-corrected chi connectivity index (χ3v) is 4.79. The topological polar surface area (TPSA) is 93.0 Å². The number of morpholine rings is 1. The summed E-state index contributed by atoms with van der Waals surface area (Å²) >= 11 is 0. The van der Waals surface area contributed by atoms with Crippen molar-refractivity contribution in [3.8, 4) is 0 Å². The Bertz CT molecular complexity index is 678. The van der Waals surface area contributed by atoms with Crippen molar-refractivity contribution in [1.29, 1.82) is 0 Å². The Morgan fingerprint density at radius 1 is 1.29 bits per heavy atom. The van der Waals surface area contributed by atoms with E-state index in [-0.39, 0.29) is 6.10 Å². The maximum Gasteiger partial charge on any atom is 0.230 e. The van der Waals surface area contributed by atoms with Crippen LogP contribution in [0.4, 0.5) is 0 Å². The van der Waals surface area contributed by atoms with Gasteiger partial charge in [0.05, 0.1) is 13.2 Å². The minimum Gasteiger partial charge on any atom is -0.424 e. The van der Waals surface area contributed by atoms with Crippen LogP contribution in [0.15, 0.2) is 4.42 Å². The Balaban J connectivity index is 1.38. The zero-order valence-electron chi connectivity index (χ0n) is 14.2. The van der Waals surface area contributed by atoms with E-state index in [2.05, 4.69) is 44.1 Å². The zero-order chi connectivity index (χ0) is 16.5. The fourth-order valence-electron chi connectivity index (χ4n) is 3.04. The second kappa shape index (κ2) is 6.60. The van der Waals surface area contributed by atoms with Gasteiger partial charge in [0.1, 0.15) is 6.10 Å². The molecule has 2 aromatic rings. The molecule has 1 N–H and O–H groups in total. The van der Waals surface area contributed by atoms with Crippen LogP contribution in [0.2, 0.25) is 0 Å². The predicted octanol–water partition coefficient (Wildman–Crippen LogP) is 2.15. The Morgan fingerprint density at radius 3 is 2.88 bits per heavy atom. The van der Waals surface area contributed by atoms with E-state index in [9.17, 15) is 0 Å². The normalized spacial score (nSPS) is 22.9. The van der Waals surface area contributed by atoms with E-state index in [4.69, 9.17) is 9.15 Å². The van der Waals surface area contributed by atoms with Crippen molar-refractivity contribution in [3.63, 3.8) is 0 Å². The fourth-order valence-corrected chi connectivity index (χ4v) is 3.04. The standard InChI is InChI=1S/C16H24N6O2/c1-10(2)14-17-15(20-19-14)12-8-22(6-7-23-12)9-13-18-21-16(24-13)11-4-3-5-11/h10-12H,3-9H2,1-2H3,(H,17,19,20)/t12-/m0/s1. The predicted molar refractivity (Wildman–Crippen MR) is 85.3 cm³/mol. The van der Waals surface area contributed by atoms with Crippen molar-refractivity contribution in [2.75, 3.05) is 19.7 Å². The maximum atomic E-state index is 5.85. The number of aromatic amines is 1. The molecular weight excluding hydrogens is 308 g/mol. The van der Waals surface area contributed by atoms with Crippen LogP contribution in [0, 0.1) is 0 Å². The SMILES string of the molecule is CC(C)c1n[nH]c([C@@H]2CN(Cc3nnc(C4CCC4)o3)CCO2)n1. The molecule has 1 saturated heterocycles. The molecule has 2 aliphatic rings. The van der Waals surface area contributed by atoms with Crippen LogP contribution in [-0.4, -0.2) is 50.0 Å². The van der Waals surface area contributed by atoms with Gasteiger partial charge in [-0.05, 0) is 12.8 Å². The molecular formula is C16H24N6O2. The second-order valence-corrected chi connectivity index (χ2v) is 6.99. The lowest BCUT2D eigenvalue weighted by Gasteiger charge is -2.30. The lowest BCUT2D eigenvalue weighted by Crippen LogP contribution is -2.38. The quantitative estimate of drug-likeness (QED) is 0.896. The summed E-state index contributed by atoms with van der Waals surface area (Å²) in [6.45, 7) is 7.07. The van der Waals surface area contributed by atoms with Gasteiger partial charge >= 0.3 is 0 Å². The lowest BCUT2D eigenvalue weighted by molar-refractivity contribution is -0.0393. The molecule has 130 valence electrons. The first-order valence-corrected chi connectivity index (χ1v) is 8.77. The van der Waals surface area contributed by atoms with Crippen LogP contribution in [0.1, 0.15) is 74.5 Å². The molecule has 1 aliphatic carbocycles. The monoisotopic (exact) mass is 332 g/mol. The molecule has 4 rings (SSSR count). The van der Waals surface area contributed by atoms with E-state index in [1.807, 2.05) is 0 Å². The summed E-state index contributed by atoms with van der Waals surface area (Å²) in [6.07, 6.45) is 3.52. The number of aromatic nitrogens is 5. The van der Waals surface area contributed by atoms with E-state index < -0.39 is 0 Å². The average molecular weight is 332 g/mol. The van der Waals surface area contributed by atoms with E-state index >= 15 is 0 Å². The molecule has 3 heterocycles. The number of rotatable bonds is 5. The van der Waals surface area contributed by atoms with Gasteiger partial charge in [-0.15, -0.1) is 10.2 Å². The molecule has 8 nitrogen and oxygen atoms in total. The second-order valence-electron chi connectivity index (χ2n) is 6.99. The highest BCUT2D eigenvalue weighted by atomic mass is 16.5. The van der Waals surface area contributed by atoms with Gasteiger partial charge in [-0.3, -0.25) is 10.00 Å². The van der Waals surface area contributed by atoms with Crippen LogP contribution >= 0.6 is 0 Å². The molecule has 1 aliphatic heterocycles. The molecule has 0 radical (unpaired) electrons. The Morgan fingerprint density at radius 2 is 2.17 bits per heavy atom. The lowest BCUT2D eigenvalue weighted by atomic mass is 9.85. The van der Waals surface area contributed by atoms with Crippen molar-refractivity contribution in [2.45, 2.75) is 57.6 Å². The van der Waals surface area contributed by atoms with Gasteiger partial charge in [0.25, 0.3) is 0 Å². The van der Waals surface area contributed by atoms with Crippen LogP contribution in [0.3, 0.4) is 0 Å². The first kappa shape index (κ1) is 15.7. The number of hydrogen-bond donors (Lipinski definition) is 1. The largest absolute Gasteiger partial charge is 0.424 e. The minimum atomic E-state index is -0.0900. The Hall–Kier alpha value is -1.80. The molecule has 24 heavy (non-hydrogen) atoms. The minimum absolute atomic E-state index is 0.0900. The smallest absolute Gasteiger partial charge is 0.230 e. The Kier molecular flexibility index (Phi) is 4.32. The summed E-state index contributed by atoms with van der Waals surface area (Å²) in [6, 6.07) is 0. The zero-order valence-corrected chi connectivity index (χ0v) is 14.2. The first-order valence-electron chi connectivity index (χ1n) is 8.77. The van der Waals surface area contributed by atoms with Crippen molar-refractivity contribution < 1.29 is 9.15 Å². The van der Waals surface area contributed by atoms with Gasteiger partial charge in [-0.25, -0.2) is 4.98 Å². The van der Waals surface area contributed by atoms with Crippen LogP contribution in [0.25, 0.3) is 0 Å². The van der Waals surface area contributed by atoms with Gasteiger partial charge < -0.3 is 9.15 Å². The van der Waals surface area contributed by atoms with Crippen LogP contribution < -0.4 is 0 Å². The van der Waals surface area contributed by atoms with Gasteiger partial charge in [-0.2, -0.15) is 5.10 Å². The number of hydrogen-bond acceptors (Lipinski definition) is 7. The Labute approximate surface area is 141 Å². The third-order valence-electron chi connectivity index (χ3n) is 4.79. The maximum absolute atomic E-state index is 5.85. The molecule has 2 aromatic heterocycles. The molecule has 0 unspecified atom stereocenters. The highest BCUT2D eigenvalue weighted by Crippen LogP contribution is 2.35. The third kappa shape index (κ3) is 3.21. The molecule has 0 amide bonds. The number of nitrogens with one attached hydrogen (secondary N) is 1. The molecule has 0 spiro atoms. The molecule has 2 fully saturated rings. The van der Waals surface area contributed by atoms with E-state index in [0.717, 1.165) is 30.6 Å². The van der Waals surface area contributed by atoms with Crippen molar-refractivity contribution >= 4 is 0 Å². The molecule has 8 heteroatoms. The van der Waals surface area contributed by atoms with E-state index in [1.54, 1.807) is 0 Å². The van der Waals surface area contributed by atoms with Crippen LogP contribution in [0.5, 0.6) is 0 Å². The van der Waals surface area contributed by atoms with Crippen molar-refractivity contribution in [3.05, 3.63) is 23.4 Å². The number of H-pyrrole nitrogens is 1. The number of nitrogens with zero attached hydrogens (tertiary/aromatic N) is 5. The van der Waals surface area contributed by atoms with E-state index in [0.29, 0.717) is 30.9 Å². The van der Waals surface area contributed by atoms with Crippen molar-refractivity contribution in [1.82, 2.24) is 30.3 Å². The molecule has 1 saturated carbocycles.